The molecule has 0 fully saturated rings. The van der Waals surface area contributed by atoms with Crippen molar-refractivity contribution < 1.29 is 13.3 Å². The summed E-state index contributed by atoms with van der Waals surface area (Å²) in [6.07, 6.45) is 1.72. The highest BCUT2D eigenvalue weighted by Gasteiger charge is 2.38. The second kappa shape index (κ2) is 13.8. The van der Waals surface area contributed by atoms with Crippen molar-refractivity contribution in [3.63, 3.8) is 0 Å². The Morgan fingerprint density at radius 1 is 0.893 bits per heavy atom. The zero-order valence-corrected chi connectivity index (χ0v) is 18.6. The van der Waals surface area contributed by atoms with Crippen LogP contribution < -0.4 is 11.1 Å². The highest BCUT2D eigenvalue weighted by molar-refractivity contribution is 6.60. The van der Waals surface area contributed by atoms with Crippen LogP contribution >= 0.6 is 12.4 Å². The summed E-state index contributed by atoms with van der Waals surface area (Å²) in [5.74, 6) is 0. The predicted molar refractivity (Wildman–Crippen MR) is 119 cm³/mol. The minimum atomic E-state index is -2.61. The molecular weight excluding hydrogens is 392 g/mol. The van der Waals surface area contributed by atoms with E-state index in [4.69, 9.17) is 19.0 Å². The minimum absolute atomic E-state index is 0. The molecule has 0 spiro atoms. The minimum Gasteiger partial charge on any atom is -0.377 e. The van der Waals surface area contributed by atoms with E-state index in [-0.39, 0.29) is 18.4 Å². The molecule has 156 valence electrons. The third-order valence-corrected chi connectivity index (χ3v) is 7.42. The number of nitrogens with one attached hydrogen (secondary N) is 1. The lowest BCUT2D eigenvalue weighted by Gasteiger charge is -2.27. The molecule has 0 aliphatic heterocycles. The van der Waals surface area contributed by atoms with Gasteiger partial charge in [0.05, 0.1) is 6.04 Å². The van der Waals surface area contributed by atoms with Crippen molar-refractivity contribution in [3.05, 3.63) is 71.8 Å². The van der Waals surface area contributed by atoms with Crippen LogP contribution in [0.15, 0.2) is 60.7 Å². The van der Waals surface area contributed by atoms with E-state index >= 15 is 0 Å². The summed E-state index contributed by atoms with van der Waals surface area (Å²) >= 11 is 0. The Kier molecular flexibility index (Phi) is 12.3. The monoisotopic (exact) mass is 424 g/mol. The molecule has 2 aromatic carbocycles. The zero-order valence-electron chi connectivity index (χ0n) is 16.8. The Labute approximate surface area is 176 Å². The summed E-state index contributed by atoms with van der Waals surface area (Å²) in [7, 11) is 0.731. The highest BCUT2D eigenvalue weighted by Crippen LogP contribution is 2.22. The molecule has 0 unspecified atom stereocenters. The van der Waals surface area contributed by atoms with Gasteiger partial charge in [0.25, 0.3) is 0 Å². The molecule has 0 aliphatic rings. The molecule has 0 saturated heterocycles. The third-order valence-electron chi connectivity index (χ3n) is 4.57. The topological polar surface area (TPSA) is 65.7 Å². The van der Waals surface area contributed by atoms with Gasteiger partial charge in [-0.15, -0.1) is 12.4 Å². The number of benzene rings is 2. The fraction of sp³-hybridized carbons (Fsp3) is 0.429. The second-order valence-corrected chi connectivity index (χ2v) is 9.37. The number of hydrogen-bond acceptors (Lipinski definition) is 5. The summed E-state index contributed by atoms with van der Waals surface area (Å²) in [5, 5.41) is 3.68. The number of halogens is 1. The molecule has 0 aliphatic carbocycles. The van der Waals surface area contributed by atoms with Gasteiger partial charge in [-0.1, -0.05) is 60.7 Å². The maximum atomic E-state index is 5.93. The lowest BCUT2D eigenvalue weighted by atomic mass is 9.99. The number of rotatable bonds is 13. The lowest BCUT2D eigenvalue weighted by molar-refractivity contribution is 0.0971. The average Bonchev–Trinajstić information content (AvgIpc) is 2.74. The Morgan fingerprint density at radius 2 is 1.43 bits per heavy atom. The average molecular weight is 425 g/mol. The molecule has 7 heteroatoms. The standard InChI is InChI=1S/C21H32N2O3Si.ClH/c1-24-27(25-2,26-17-9-15-22)18-10-16-23-21(19-11-5-3-6-12-19)20-13-7-4-8-14-20;/h3-8,11-14,21,23H,9-10,15-18,22H2,1-2H3;1H. The van der Waals surface area contributed by atoms with Crippen LogP contribution in [-0.2, 0) is 13.3 Å². The number of nitrogens with two attached hydrogens (primary N) is 1. The molecule has 28 heavy (non-hydrogen) atoms. The molecule has 3 N–H and O–H groups in total. The van der Waals surface area contributed by atoms with E-state index in [1.54, 1.807) is 14.2 Å². The first-order chi connectivity index (χ1) is 13.2. The largest absolute Gasteiger partial charge is 0.500 e. The molecule has 0 aromatic heterocycles. The summed E-state index contributed by atoms with van der Waals surface area (Å²) in [6.45, 7) is 2.03. The van der Waals surface area contributed by atoms with Crippen molar-refractivity contribution in [1.82, 2.24) is 5.32 Å². The molecule has 0 saturated carbocycles. The lowest BCUT2D eigenvalue weighted by Crippen LogP contribution is -2.44. The van der Waals surface area contributed by atoms with Crippen molar-refractivity contribution >= 4 is 21.2 Å². The summed E-state index contributed by atoms with van der Waals surface area (Å²) in [4.78, 5) is 0. The molecule has 0 amide bonds. The van der Waals surface area contributed by atoms with Gasteiger partial charge in [-0.25, -0.2) is 0 Å². The Balaban J connectivity index is 0.00000392. The van der Waals surface area contributed by atoms with E-state index in [9.17, 15) is 0 Å². The van der Waals surface area contributed by atoms with Gasteiger partial charge in [0.15, 0.2) is 0 Å². The van der Waals surface area contributed by atoms with E-state index in [2.05, 4.69) is 53.8 Å². The van der Waals surface area contributed by atoms with E-state index < -0.39 is 8.80 Å². The van der Waals surface area contributed by atoms with E-state index in [1.165, 1.54) is 11.1 Å². The van der Waals surface area contributed by atoms with Crippen LogP contribution in [-0.4, -0.2) is 42.7 Å². The van der Waals surface area contributed by atoms with E-state index in [0.29, 0.717) is 13.2 Å². The van der Waals surface area contributed by atoms with Gasteiger partial charge in [-0.3, -0.25) is 0 Å². The first-order valence-corrected chi connectivity index (χ1v) is 11.5. The molecule has 0 radical (unpaired) electrons. The molecule has 0 bridgehead atoms. The highest BCUT2D eigenvalue weighted by atomic mass is 35.5. The molecule has 5 nitrogen and oxygen atoms in total. The quantitative estimate of drug-likeness (QED) is 0.378. The van der Waals surface area contributed by atoms with Gasteiger partial charge in [0, 0.05) is 26.9 Å². The van der Waals surface area contributed by atoms with Crippen molar-refractivity contribution in [1.29, 1.82) is 0 Å². The molecule has 2 rings (SSSR count). The van der Waals surface area contributed by atoms with E-state index in [1.807, 2.05) is 12.1 Å². The summed E-state index contributed by atoms with van der Waals surface area (Å²) in [6, 6.07) is 21.9. The van der Waals surface area contributed by atoms with E-state index in [0.717, 1.165) is 25.4 Å². The first kappa shape index (κ1) is 24.8. The van der Waals surface area contributed by atoms with Crippen LogP contribution in [0.1, 0.15) is 30.0 Å². The Morgan fingerprint density at radius 3 is 1.89 bits per heavy atom. The molecular formula is C21H33ClN2O3Si. The van der Waals surface area contributed by atoms with Gasteiger partial charge in [-0.2, -0.15) is 0 Å². The molecule has 2 aromatic rings. The van der Waals surface area contributed by atoms with Gasteiger partial charge in [-0.05, 0) is 37.1 Å². The first-order valence-electron chi connectivity index (χ1n) is 9.52. The van der Waals surface area contributed by atoms with Crippen LogP contribution in [0.5, 0.6) is 0 Å². The van der Waals surface area contributed by atoms with Gasteiger partial charge < -0.3 is 24.3 Å². The number of hydrogen-bond donors (Lipinski definition) is 2. The fourth-order valence-corrected chi connectivity index (χ4v) is 5.08. The molecule has 0 heterocycles. The Hall–Kier alpha value is -1.25. The zero-order chi connectivity index (χ0) is 19.4. The maximum Gasteiger partial charge on any atom is 0.500 e. The second-order valence-electron chi connectivity index (χ2n) is 6.39. The van der Waals surface area contributed by atoms with Crippen molar-refractivity contribution in [2.45, 2.75) is 24.9 Å². The summed E-state index contributed by atoms with van der Waals surface area (Å²) < 4.78 is 17.2. The fourth-order valence-electron chi connectivity index (χ4n) is 3.06. The van der Waals surface area contributed by atoms with Crippen LogP contribution in [0.25, 0.3) is 0 Å². The van der Waals surface area contributed by atoms with Crippen LogP contribution in [0.3, 0.4) is 0 Å². The molecule has 0 atom stereocenters. The predicted octanol–water partition coefficient (Wildman–Crippen LogP) is 3.77. The van der Waals surface area contributed by atoms with Crippen molar-refractivity contribution in [2.75, 3.05) is 33.9 Å². The van der Waals surface area contributed by atoms with Crippen LogP contribution in [0.4, 0.5) is 0 Å². The Bertz CT molecular complexity index is 591. The smallest absolute Gasteiger partial charge is 0.377 e. The SMILES string of the molecule is CO[Si](CCCNC(c1ccccc1)c1ccccc1)(OC)OCCCN.Cl. The van der Waals surface area contributed by atoms with Gasteiger partial charge >= 0.3 is 8.80 Å². The van der Waals surface area contributed by atoms with Crippen LogP contribution in [0.2, 0.25) is 6.04 Å². The summed E-state index contributed by atoms with van der Waals surface area (Å²) in [5.41, 5.74) is 8.06. The maximum absolute atomic E-state index is 5.93. The van der Waals surface area contributed by atoms with Gasteiger partial charge in [0.1, 0.15) is 0 Å². The van der Waals surface area contributed by atoms with Crippen molar-refractivity contribution in [3.8, 4) is 0 Å². The van der Waals surface area contributed by atoms with Crippen molar-refractivity contribution in [2.24, 2.45) is 5.73 Å². The normalized spacial score (nSPS) is 11.4. The van der Waals surface area contributed by atoms with Crippen LogP contribution in [0, 0.1) is 0 Å². The van der Waals surface area contributed by atoms with Gasteiger partial charge in [0.2, 0.25) is 0 Å². The third kappa shape index (κ3) is 7.64.